The second kappa shape index (κ2) is 5.66. The molecule has 2 aromatic rings. The number of imidazole rings is 1. The molecule has 4 nitrogen and oxygen atoms in total. The number of hydrogen-bond donors (Lipinski definition) is 0. The zero-order valence-corrected chi connectivity index (χ0v) is 14.5. The number of hydrogen-bond acceptors (Lipinski definition) is 4. The third-order valence-electron chi connectivity index (χ3n) is 3.96. The lowest BCUT2D eigenvalue weighted by Gasteiger charge is -2.29. The largest absolute Gasteiger partial charge is 0.291 e. The Kier molecular flexibility index (Phi) is 4.06. The Morgan fingerprint density at radius 2 is 1.95 bits per heavy atom. The molecule has 1 aliphatic rings. The van der Waals surface area contributed by atoms with E-state index in [-0.39, 0.29) is 0 Å². The van der Waals surface area contributed by atoms with Gasteiger partial charge in [-0.2, -0.15) is 0 Å². The highest BCUT2D eigenvalue weighted by Gasteiger charge is 2.25. The highest BCUT2D eigenvalue weighted by atomic mass is 79.9. The minimum absolute atomic E-state index is 0.549. The fraction of sp³-hybridized carbons (Fsp3) is 0.571. The van der Waals surface area contributed by atoms with Crippen LogP contribution in [0.15, 0.2) is 10.8 Å². The number of halogens is 1. The Morgan fingerprint density at radius 3 is 2.60 bits per heavy atom. The molecule has 20 heavy (non-hydrogen) atoms. The Labute approximate surface area is 132 Å². The van der Waals surface area contributed by atoms with Gasteiger partial charge in [0, 0.05) is 25.2 Å². The summed E-state index contributed by atoms with van der Waals surface area (Å²) in [5.41, 5.74) is 4.20. The van der Waals surface area contributed by atoms with Gasteiger partial charge in [0.05, 0.1) is 17.1 Å². The molecule has 0 aliphatic carbocycles. The first-order chi connectivity index (χ1) is 9.60. The van der Waals surface area contributed by atoms with Crippen LogP contribution in [0.1, 0.15) is 35.8 Å². The summed E-state index contributed by atoms with van der Waals surface area (Å²) in [6.45, 7) is 6.34. The number of aryl methyl sites for hydroxylation is 2. The normalized spacial score (nSPS) is 18.0. The van der Waals surface area contributed by atoms with Crippen molar-refractivity contribution in [2.75, 3.05) is 19.3 Å². The molecule has 0 radical (unpaired) electrons. The van der Waals surface area contributed by atoms with Crippen molar-refractivity contribution in [1.82, 2.24) is 18.7 Å². The van der Waals surface area contributed by atoms with E-state index in [1.165, 1.54) is 18.5 Å². The first-order valence-corrected chi connectivity index (χ1v) is 8.88. The van der Waals surface area contributed by atoms with Crippen molar-refractivity contribution < 1.29 is 0 Å². The van der Waals surface area contributed by atoms with E-state index >= 15 is 0 Å². The molecular formula is C14H19BrN4S. The van der Waals surface area contributed by atoms with Crippen molar-refractivity contribution in [1.29, 1.82) is 0 Å². The van der Waals surface area contributed by atoms with Crippen LogP contribution in [0.4, 0.5) is 0 Å². The van der Waals surface area contributed by atoms with Gasteiger partial charge in [-0.25, -0.2) is 4.98 Å². The molecule has 0 amide bonds. The molecule has 0 saturated carbocycles. The average molecular weight is 355 g/mol. The number of aromatic nitrogens is 3. The van der Waals surface area contributed by atoms with E-state index in [0.29, 0.717) is 5.92 Å². The predicted octanol–water partition coefficient (Wildman–Crippen LogP) is 3.57. The maximum atomic E-state index is 4.86. The lowest BCUT2D eigenvalue weighted by Crippen LogP contribution is -2.27. The summed E-state index contributed by atoms with van der Waals surface area (Å²) in [6.07, 6.45) is 6.56. The van der Waals surface area contributed by atoms with E-state index in [1.54, 1.807) is 0 Å². The van der Waals surface area contributed by atoms with Crippen LogP contribution in [0.2, 0.25) is 0 Å². The van der Waals surface area contributed by atoms with Gasteiger partial charge in [-0.1, -0.05) is 11.9 Å². The van der Waals surface area contributed by atoms with Crippen LogP contribution >= 0.6 is 27.9 Å². The third-order valence-corrected chi connectivity index (χ3v) is 5.63. The third kappa shape index (κ3) is 2.49. The van der Waals surface area contributed by atoms with Crippen molar-refractivity contribution in [3.05, 3.63) is 27.9 Å². The zero-order chi connectivity index (χ0) is 14.3. The van der Waals surface area contributed by atoms with Crippen LogP contribution in [0.3, 0.4) is 0 Å². The topological polar surface area (TPSA) is 33.4 Å². The van der Waals surface area contributed by atoms with E-state index in [1.807, 2.05) is 25.8 Å². The molecule has 0 unspecified atom stereocenters. The Bertz CT molecular complexity index is 632. The summed E-state index contributed by atoms with van der Waals surface area (Å²) < 4.78 is 5.66. The molecule has 0 N–H and O–H groups in total. The van der Waals surface area contributed by atoms with Crippen LogP contribution in [-0.4, -0.2) is 38.0 Å². The minimum Gasteiger partial charge on any atom is -0.291 e. The lowest BCUT2D eigenvalue weighted by molar-refractivity contribution is 0.343. The molecule has 0 atom stereocenters. The van der Waals surface area contributed by atoms with Gasteiger partial charge in [0.25, 0.3) is 0 Å². The molecule has 2 aromatic heterocycles. The molecule has 108 valence electrons. The number of nitrogens with zero attached hydrogens (tertiary/aromatic N) is 4. The average Bonchev–Trinajstić information content (AvgIpc) is 2.77. The molecule has 1 saturated heterocycles. The molecule has 6 heteroatoms. The number of piperidine rings is 1. The van der Waals surface area contributed by atoms with Crippen molar-refractivity contribution in [2.24, 2.45) is 0 Å². The Morgan fingerprint density at radius 1 is 1.25 bits per heavy atom. The zero-order valence-electron chi connectivity index (χ0n) is 12.1. The lowest BCUT2D eigenvalue weighted by atomic mass is 9.95. The first-order valence-electron chi connectivity index (χ1n) is 6.91. The van der Waals surface area contributed by atoms with Gasteiger partial charge in [-0.15, -0.1) is 0 Å². The van der Waals surface area contributed by atoms with Gasteiger partial charge < -0.3 is 0 Å². The maximum Gasteiger partial charge on any atom is 0.159 e. The monoisotopic (exact) mass is 354 g/mol. The van der Waals surface area contributed by atoms with Crippen molar-refractivity contribution >= 4 is 33.5 Å². The van der Waals surface area contributed by atoms with E-state index < -0.39 is 0 Å². The highest BCUT2D eigenvalue weighted by molar-refractivity contribution is 9.10. The van der Waals surface area contributed by atoms with Gasteiger partial charge >= 0.3 is 0 Å². The Balaban J connectivity index is 1.97. The van der Waals surface area contributed by atoms with E-state index in [2.05, 4.69) is 42.1 Å². The summed E-state index contributed by atoms with van der Waals surface area (Å²) in [6, 6.07) is 0. The van der Waals surface area contributed by atoms with Gasteiger partial charge in [-0.05, 0) is 48.9 Å². The molecule has 1 aliphatic heterocycles. The van der Waals surface area contributed by atoms with Gasteiger partial charge in [0.2, 0.25) is 0 Å². The smallest absolute Gasteiger partial charge is 0.159 e. The van der Waals surface area contributed by atoms with Crippen LogP contribution in [0.5, 0.6) is 0 Å². The molecule has 3 heterocycles. The fourth-order valence-electron chi connectivity index (χ4n) is 2.91. The molecule has 0 spiro atoms. The summed E-state index contributed by atoms with van der Waals surface area (Å²) in [5, 5.41) is 0. The van der Waals surface area contributed by atoms with Crippen molar-refractivity contribution in [3.8, 4) is 0 Å². The minimum atomic E-state index is 0.549. The summed E-state index contributed by atoms with van der Waals surface area (Å²) >= 11 is 5.58. The quantitative estimate of drug-likeness (QED) is 0.772. The fourth-order valence-corrected chi connectivity index (χ4v) is 4.16. The maximum absolute atomic E-state index is 4.86. The van der Waals surface area contributed by atoms with Gasteiger partial charge in [0.15, 0.2) is 5.65 Å². The SMILES string of the molecule is CSN1CCC(c2nc3c(C)nc(C)cn3c2Br)CC1. The summed E-state index contributed by atoms with van der Waals surface area (Å²) in [5.74, 6) is 0.549. The van der Waals surface area contributed by atoms with Crippen LogP contribution in [0.25, 0.3) is 5.65 Å². The van der Waals surface area contributed by atoms with E-state index in [9.17, 15) is 0 Å². The number of fused-ring (bicyclic) bond motifs is 1. The van der Waals surface area contributed by atoms with E-state index in [4.69, 9.17) is 4.98 Å². The van der Waals surface area contributed by atoms with Crippen molar-refractivity contribution in [2.45, 2.75) is 32.6 Å². The van der Waals surface area contributed by atoms with Gasteiger partial charge in [0.1, 0.15) is 4.60 Å². The van der Waals surface area contributed by atoms with E-state index in [0.717, 1.165) is 34.7 Å². The van der Waals surface area contributed by atoms with Crippen LogP contribution in [0, 0.1) is 13.8 Å². The molecule has 0 bridgehead atoms. The predicted molar refractivity (Wildman–Crippen MR) is 87.2 cm³/mol. The van der Waals surface area contributed by atoms with Crippen LogP contribution < -0.4 is 0 Å². The second-order valence-corrected chi connectivity index (χ2v) is 6.97. The molecular weight excluding hydrogens is 336 g/mol. The van der Waals surface area contributed by atoms with Crippen molar-refractivity contribution in [3.63, 3.8) is 0 Å². The summed E-state index contributed by atoms with van der Waals surface area (Å²) in [7, 11) is 0. The molecule has 0 aromatic carbocycles. The van der Waals surface area contributed by atoms with Crippen LogP contribution in [-0.2, 0) is 0 Å². The Hall–Kier alpha value is -0.590. The highest BCUT2D eigenvalue weighted by Crippen LogP contribution is 2.34. The van der Waals surface area contributed by atoms with Gasteiger partial charge in [-0.3, -0.25) is 13.7 Å². The summed E-state index contributed by atoms with van der Waals surface area (Å²) in [4.78, 5) is 9.37. The second-order valence-electron chi connectivity index (χ2n) is 5.34. The molecule has 1 fully saturated rings. The standard InChI is InChI=1S/C14H19BrN4S/c1-9-8-19-13(15)12(17-14(19)10(2)16-9)11-4-6-18(20-3)7-5-11/h8,11H,4-7H2,1-3H3. The first kappa shape index (κ1) is 14.4. The number of rotatable bonds is 2. The molecule has 3 rings (SSSR count).